The Labute approximate surface area is 205 Å². The number of ether oxygens (including phenoxy) is 1. The Morgan fingerprint density at radius 3 is 2.56 bits per heavy atom. The third-order valence-electron chi connectivity index (χ3n) is 8.48. The maximum Gasteiger partial charge on any atom is 0.172 e. The molecule has 3 heteroatoms. The third kappa shape index (κ3) is 6.01. The second-order valence-electron chi connectivity index (χ2n) is 10.8. The van der Waals surface area contributed by atoms with Crippen LogP contribution in [-0.2, 0) is 0 Å². The van der Waals surface area contributed by atoms with Crippen molar-refractivity contribution in [2.45, 2.75) is 96.8 Å². The number of unbranched alkanes of at least 4 members (excludes halogenated alkanes) is 4. The lowest BCUT2D eigenvalue weighted by molar-refractivity contribution is 0.112. The van der Waals surface area contributed by atoms with Crippen molar-refractivity contribution in [3.8, 4) is 5.75 Å². The molecule has 2 fully saturated rings. The van der Waals surface area contributed by atoms with Gasteiger partial charge in [-0.1, -0.05) is 70.1 Å². The number of hydrogen-bond acceptors (Lipinski definition) is 1. The number of rotatable bonds is 10. The number of allylic oxidation sites excluding steroid dienone is 1. The van der Waals surface area contributed by atoms with Gasteiger partial charge in [0.05, 0.1) is 0 Å². The maximum absolute atomic E-state index is 15.2. The summed E-state index contributed by atoms with van der Waals surface area (Å²) in [5.74, 6) is 2.16. The topological polar surface area (TPSA) is 9.23 Å². The van der Waals surface area contributed by atoms with Crippen LogP contribution in [-0.4, -0.2) is 6.61 Å². The summed E-state index contributed by atoms with van der Waals surface area (Å²) >= 11 is 0. The fourth-order valence-corrected chi connectivity index (χ4v) is 6.53. The summed E-state index contributed by atoms with van der Waals surface area (Å²) in [6, 6.07) is 6.83. The van der Waals surface area contributed by atoms with Gasteiger partial charge in [0.1, 0.15) is 12.4 Å². The van der Waals surface area contributed by atoms with Gasteiger partial charge in [0.15, 0.2) is 11.6 Å². The fraction of sp³-hybridized carbons (Fsp3) is 0.613. The average molecular weight is 469 g/mol. The molecule has 1 nitrogen and oxygen atoms in total. The summed E-state index contributed by atoms with van der Waals surface area (Å²) in [6.45, 7) is 4.48. The van der Waals surface area contributed by atoms with E-state index in [1.807, 2.05) is 31.2 Å². The molecule has 0 bridgehead atoms. The van der Waals surface area contributed by atoms with Gasteiger partial charge >= 0.3 is 0 Å². The van der Waals surface area contributed by atoms with Crippen molar-refractivity contribution in [3.63, 3.8) is 0 Å². The first-order chi connectivity index (χ1) is 16.6. The minimum absolute atomic E-state index is 0.181. The van der Waals surface area contributed by atoms with Crippen molar-refractivity contribution in [3.05, 3.63) is 53.6 Å². The standard InChI is InChI=1S/C31H42F2O/c1-3-5-7-8-9-10-22-11-12-24-19-25(14-13-23(24)18-22)27-20-26-15-16-30(34-17-6-4-2)31(33)28(26)21-29(27)32/h4,6,15-16,20-25H,3,5,7-14,17-19H2,1-2H3/b6-4+/t22?,23-,24?,25-/m1/s1. The van der Waals surface area contributed by atoms with E-state index in [1.54, 1.807) is 6.07 Å². The minimum atomic E-state index is -0.468. The molecule has 4 rings (SSSR count). The van der Waals surface area contributed by atoms with Crippen molar-refractivity contribution in [1.82, 2.24) is 0 Å². The van der Waals surface area contributed by atoms with Crippen LogP contribution in [0.2, 0.25) is 0 Å². The predicted octanol–water partition coefficient (Wildman–Crippen LogP) is 9.73. The van der Waals surface area contributed by atoms with Gasteiger partial charge in [0, 0.05) is 5.39 Å². The Bertz CT molecular complexity index is 966. The number of fused-ring (bicyclic) bond motifs is 2. The molecule has 2 aromatic carbocycles. The third-order valence-corrected chi connectivity index (χ3v) is 8.48. The number of hydrogen-bond donors (Lipinski definition) is 0. The van der Waals surface area contributed by atoms with Crippen LogP contribution < -0.4 is 4.74 Å². The first-order valence-corrected chi connectivity index (χ1v) is 13.8. The molecule has 2 aliphatic carbocycles. The highest BCUT2D eigenvalue weighted by molar-refractivity contribution is 5.85. The summed E-state index contributed by atoms with van der Waals surface area (Å²) in [5.41, 5.74) is 0.783. The van der Waals surface area contributed by atoms with Gasteiger partial charge in [-0.2, -0.15) is 0 Å². The van der Waals surface area contributed by atoms with Gasteiger partial charge in [0.2, 0.25) is 0 Å². The van der Waals surface area contributed by atoms with Crippen LogP contribution in [0.25, 0.3) is 10.8 Å². The highest BCUT2D eigenvalue weighted by atomic mass is 19.1. The summed E-state index contributed by atoms with van der Waals surface area (Å²) in [4.78, 5) is 0. The molecule has 4 atom stereocenters. The van der Waals surface area contributed by atoms with Crippen molar-refractivity contribution in [2.24, 2.45) is 17.8 Å². The monoisotopic (exact) mass is 468 g/mol. The second kappa shape index (κ2) is 12.2. The zero-order valence-corrected chi connectivity index (χ0v) is 21.1. The van der Waals surface area contributed by atoms with E-state index in [0.29, 0.717) is 12.0 Å². The Hall–Kier alpha value is -1.90. The summed E-state index contributed by atoms with van der Waals surface area (Å²) < 4.78 is 35.7. The second-order valence-corrected chi connectivity index (χ2v) is 10.8. The first kappa shape index (κ1) is 25.2. The van der Waals surface area contributed by atoms with Crippen LogP contribution in [0.1, 0.15) is 102 Å². The maximum atomic E-state index is 15.2. The van der Waals surface area contributed by atoms with E-state index < -0.39 is 5.82 Å². The smallest absolute Gasteiger partial charge is 0.172 e. The molecule has 2 aliphatic rings. The minimum Gasteiger partial charge on any atom is -0.486 e. The molecular formula is C31H42F2O. The quantitative estimate of drug-likeness (QED) is 0.249. The molecule has 34 heavy (non-hydrogen) atoms. The van der Waals surface area contributed by atoms with Crippen LogP contribution in [0.4, 0.5) is 8.78 Å². The van der Waals surface area contributed by atoms with Gasteiger partial charge in [-0.25, -0.2) is 8.78 Å². The van der Waals surface area contributed by atoms with Gasteiger partial charge in [0.25, 0.3) is 0 Å². The van der Waals surface area contributed by atoms with E-state index in [0.717, 1.165) is 41.5 Å². The Balaban J connectivity index is 1.38. The zero-order valence-electron chi connectivity index (χ0n) is 21.1. The molecule has 0 saturated heterocycles. The van der Waals surface area contributed by atoms with Crippen molar-refractivity contribution in [2.75, 3.05) is 6.61 Å². The van der Waals surface area contributed by atoms with E-state index in [2.05, 4.69) is 6.92 Å². The SMILES string of the molecule is C/C=C/COc1ccc2cc([C@@H]3CC[C@@H]4CC(CCCCCCC)CCC4C3)c(F)cc2c1F. The van der Waals surface area contributed by atoms with Crippen molar-refractivity contribution >= 4 is 10.8 Å². The molecule has 0 heterocycles. The fourth-order valence-electron chi connectivity index (χ4n) is 6.53. The number of benzene rings is 2. The summed E-state index contributed by atoms with van der Waals surface area (Å²) in [5, 5.41) is 1.08. The highest BCUT2D eigenvalue weighted by Gasteiger charge is 2.36. The lowest BCUT2D eigenvalue weighted by Crippen LogP contribution is -2.30. The van der Waals surface area contributed by atoms with Crippen LogP contribution >= 0.6 is 0 Å². The lowest BCUT2D eigenvalue weighted by atomic mass is 9.63. The molecule has 0 aliphatic heterocycles. The summed E-state index contributed by atoms with van der Waals surface area (Å²) in [6.07, 6.45) is 19.3. The molecule has 2 aromatic rings. The molecule has 2 unspecified atom stereocenters. The zero-order chi connectivity index (χ0) is 23.9. The molecule has 0 aromatic heterocycles. The van der Waals surface area contributed by atoms with E-state index in [1.165, 1.54) is 70.3 Å². The van der Waals surface area contributed by atoms with Gasteiger partial charge in [-0.15, -0.1) is 0 Å². The molecule has 0 amide bonds. The van der Waals surface area contributed by atoms with E-state index in [4.69, 9.17) is 4.74 Å². The van der Waals surface area contributed by atoms with E-state index in [-0.39, 0.29) is 17.5 Å². The predicted molar refractivity (Wildman–Crippen MR) is 138 cm³/mol. The average Bonchev–Trinajstić information content (AvgIpc) is 2.85. The van der Waals surface area contributed by atoms with E-state index in [9.17, 15) is 4.39 Å². The molecule has 0 radical (unpaired) electrons. The molecule has 2 saturated carbocycles. The Morgan fingerprint density at radius 1 is 0.941 bits per heavy atom. The van der Waals surface area contributed by atoms with Crippen LogP contribution in [0, 0.1) is 29.4 Å². The van der Waals surface area contributed by atoms with Crippen molar-refractivity contribution in [1.29, 1.82) is 0 Å². The van der Waals surface area contributed by atoms with Crippen LogP contribution in [0.3, 0.4) is 0 Å². The first-order valence-electron chi connectivity index (χ1n) is 13.8. The highest BCUT2D eigenvalue weighted by Crippen LogP contribution is 2.49. The normalized spacial score (nSPS) is 25.1. The van der Waals surface area contributed by atoms with Gasteiger partial charge in [-0.05, 0) is 91.8 Å². The summed E-state index contributed by atoms with van der Waals surface area (Å²) in [7, 11) is 0. The van der Waals surface area contributed by atoms with Crippen LogP contribution in [0.15, 0.2) is 36.4 Å². The number of halogens is 2. The lowest BCUT2D eigenvalue weighted by Gasteiger charge is -2.42. The van der Waals surface area contributed by atoms with Gasteiger partial charge in [-0.3, -0.25) is 0 Å². The van der Waals surface area contributed by atoms with Gasteiger partial charge < -0.3 is 4.74 Å². The Morgan fingerprint density at radius 2 is 1.74 bits per heavy atom. The van der Waals surface area contributed by atoms with Crippen LogP contribution in [0.5, 0.6) is 5.75 Å². The molecule has 0 spiro atoms. The largest absolute Gasteiger partial charge is 0.486 e. The molecular weight excluding hydrogens is 426 g/mol. The van der Waals surface area contributed by atoms with E-state index >= 15 is 4.39 Å². The Kier molecular flexibility index (Phi) is 9.03. The van der Waals surface area contributed by atoms with Crippen molar-refractivity contribution < 1.29 is 13.5 Å². The molecule has 186 valence electrons. The molecule has 0 N–H and O–H groups in total.